The van der Waals surface area contributed by atoms with E-state index in [-0.39, 0.29) is 5.91 Å². The molecule has 0 spiro atoms. The Morgan fingerprint density at radius 3 is 2.58 bits per heavy atom. The van der Waals surface area contributed by atoms with E-state index >= 15 is 0 Å². The van der Waals surface area contributed by atoms with Crippen LogP contribution in [0.2, 0.25) is 0 Å². The van der Waals surface area contributed by atoms with Crippen LogP contribution in [-0.4, -0.2) is 15.9 Å². The highest BCUT2D eigenvalue weighted by Crippen LogP contribution is 2.22. The molecule has 0 radical (unpaired) electrons. The number of carbonyl (C=O) groups is 1. The molecule has 1 aliphatic rings. The Labute approximate surface area is 111 Å². The number of aryl methyl sites for hydroxylation is 2. The Hall–Kier alpha value is -2.23. The number of rotatable bonds is 2. The molecule has 0 saturated carbocycles. The molecule has 2 aromatic rings. The van der Waals surface area contributed by atoms with Crippen LogP contribution in [0.5, 0.6) is 0 Å². The van der Waals surface area contributed by atoms with Crippen molar-refractivity contribution in [3.8, 4) is 0 Å². The minimum atomic E-state index is -0.153. The van der Waals surface area contributed by atoms with Gasteiger partial charge < -0.3 is 0 Å². The van der Waals surface area contributed by atoms with Crippen molar-refractivity contribution in [2.75, 3.05) is 5.32 Å². The second-order valence-corrected chi connectivity index (χ2v) is 4.72. The number of aromatic nitrogens is 2. The van der Waals surface area contributed by atoms with E-state index in [0.29, 0.717) is 11.5 Å². The highest BCUT2D eigenvalue weighted by atomic mass is 16.1. The number of fused-ring (bicyclic) bond motifs is 1. The van der Waals surface area contributed by atoms with Crippen LogP contribution in [0.1, 0.15) is 34.3 Å². The predicted octanol–water partition coefficient (Wildman–Crippen LogP) is 2.61. The van der Waals surface area contributed by atoms with Crippen molar-refractivity contribution in [1.29, 1.82) is 0 Å². The minimum absolute atomic E-state index is 0.153. The summed E-state index contributed by atoms with van der Waals surface area (Å²) >= 11 is 0. The minimum Gasteiger partial charge on any atom is -0.290 e. The Balaban J connectivity index is 1.80. The summed E-state index contributed by atoms with van der Waals surface area (Å²) in [5, 5.41) is 2.70. The lowest BCUT2D eigenvalue weighted by Crippen LogP contribution is -2.15. The number of anilines is 1. The summed E-state index contributed by atoms with van der Waals surface area (Å²) in [6, 6.07) is 7.65. The SMILES string of the molecule is O=C(Nc1ncccn1)c1ccc2c(c1)CCCC2. The molecule has 0 atom stereocenters. The van der Waals surface area contributed by atoms with E-state index in [2.05, 4.69) is 21.4 Å². The number of hydrogen-bond donors (Lipinski definition) is 1. The van der Waals surface area contributed by atoms with Crippen LogP contribution < -0.4 is 5.32 Å². The third kappa shape index (κ3) is 2.62. The van der Waals surface area contributed by atoms with Crippen molar-refractivity contribution in [2.24, 2.45) is 0 Å². The van der Waals surface area contributed by atoms with Crippen molar-refractivity contribution < 1.29 is 4.79 Å². The van der Waals surface area contributed by atoms with Gasteiger partial charge in [0.2, 0.25) is 5.95 Å². The monoisotopic (exact) mass is 253 g/mol. The molecular formula is C15H15N3O. The number of hydrogen-bond acceptors (Lipinski definition) is 3. The molecule has 0 fully saturated rings. The van der Waals surface area contributed by atoms with Gasteiger partial charge in [0.1, 0.15) is 0 Å². The molecule has 96 valence electrons. The van der Waals surface area contributed by atoms with Crippen molar-refractivity contribution >= 4 is 11.9 Å². The van der Waals surface area contributed by atoms with Gasteiger partial charge in [0.15, 0.2) is 0 Å². The van der Waals surface area contributed by atoms with Gasteiger partial charge in [-0.3, -0.25) is 10.1 Å². The topological polar surface area (TPSA) is 54.9 Å². The Morgan fingerprint density at radius 1 is 1.05 bits per heavy atom. The second-order valence-electron chi connectivity index (χ2n) is 4.72. The molecule has 0 unspecified atom stereocenters. The zero-order valence-corrected chi connectivity index (χ0v) is 10.6. The van der Waals surface area contributed by atoms with Crippen molar-refractivity contribution in [1.82, 2.24) is 9.97 Å². The van der Waals surface area contributed by atoms with Gasteiger partial charge in [0.25, 0.3) is 5.91 Å². The van der Waals surface area contributed by atoms with Gasteiger partial charge in [0, 0.05) is 18.0 Å². The Morgan fingerprint density at radius 2 is 1.79 bits per heavy atom. The van der Waals surface area contributed by atoms with Gasteiger partial charge in [-0.1, -0.05) is 6.07 Å². The fourth-order valence-electron chi connectivity index (χ4n) is 2.41. The fraction of sp³-hybridized carbons (Fsp3) is 0.267. The molecule has 1 heterocycles. The highest BCUT2D eigenvalue weighted by Gasteiger charge is 2.13. The lowest BCUT2D eigenvalue weighted by atomic mass is 9.90. The van der Waals surface area contributed by atoms with Crippen LogP contribution in [0.15, 0.2) is 36.7 Å². The van der Waals surface area contributed by atoms with Crippen molar-refractivity contribution in [3.05, 3.63) is 53.3 Å². The molecule has 4 heteroatoms. The zero-order valence-electron chi connectivity index (χ0n) is 10.6. The second kappa shape index (κ2) is 5.18. The zero-order chi connectivity index (χ0) is 13.1. The lowest BCUT2D eigenvalue weighted by molar-refractivity contribution is 0.102. The van der Waals surface area contributed by atoms with Gasteiger partial charge in [-0.05, 0) is 55.0 Å². The predicted molar refractivity (Wildman–Crippen MR) is 73.1 cm³/mol. The summed E-state index contributed by atoms with van der Waals surface area (Å²) < 4.78 is 0. The van der Waals surface area contributed by atoms with Gasteiger partial charge in [0.05, 0.1) is 0 Å². The van der Waals surface area contributed by atoms with E-state index in [1.807, 2.05) is 12.1 Å². The van der Waals surface area contributed by atoms with Gasteiger partial charge in [-0.2, -0.15) is 0 Å². The molecule has 1 aromatic heterocycles. The molecule has 3 rings (SSSR count). The van der Waals surface area contributed by atoms with Gasteiger partial charge >= 0.3 is 0 Å². The first-order valence-electron chi connectivity index (χ1n) is 6.53. The van der Waals surface area contributed by atoms with E-state index in [1.165, 1.54) is 24.0 Å². The van der Waals surface area contributed by atoms with E-state index in [1.54, 1.807) is 18.5 Å². The maximum atomic E-state index is 12.1. The van der Waals surface area contributed by atoms with E-state index in [9.17, 15) is 4.79 Å². The number of benzene rings is 1. The molecule has 0 bridgehead atoms. The molecule has 0 aliphatic heterocycles. The van der Waals surface area contributed by atoms with Gasteiger partial charge in [-0.15, -0.1) is 0 Å². The Kier molecular flexibility index (Phi) is 3.23. The average Bonchev–Trinajstić information content (AvgIpc) is 2.48. The van der Waals surface area contributed by atoms with Crippen LogP contribution in [0.4, 0.5) is 5.95 Å². The van der Waals surface area contributed by atoms with Gasteiger partial charge in [-0.25, -0.2) is 9.97 Å². The van der Waals surface area contributed by atoms with Crippen LogP contribution in [0, 0.1) is 0 Å². The molecule has 1 aromatic carbocycles. The molecule has 1 amide bonds. The average molecular weight is 253 g/mol. The highest BCUT2D eigenvalue weighted by molar-refractivity contribution is 6.03. The first-order valence-corrected chi connectivity index (χ1v) is 6.53. The third-order valence-electron chi connectivity index (χ3n) is 3.40. The lowest BCUT2D eigenvalue weighted by Gasteiger charge is -2.16. The van der Waals surface area contributed by atoms with Crippen LogP contribution in [-0.2, 0) is 12.8 Å². The number of nitrogens with one attached hydrogen (secondary N) is 1. The molecule has 0 saturated heterocycles. The van der Waals surface area contributed by atoms with Crippen LogP contribution >= 0.6 is 0 Å². The molecule has 1 aliphatic carbocycles. The summed E-state index contributed by atoms with van der Waals surface area (Å²) in [6.07, 6.45) is 7.86. The molecule has 1 N–H and O–H groups in total. The standard InChI is InChI=1S/C15H15N3O/c19-14(18-15-16-8-3-9-17-15)13-7-6-11-4-1-2-5-12(11)10-13/h3,6-10H,1-2,4-5H2,(H,16,17,18,19). The maximum absolute atomic E-state index is 12.1. The third-order valence-corrected chi connectivity index (χ3v) is 3.40. The van der Waals surface area contributed by atoms with Crippen LogP contribution in [0.3, 0.4) is 0 Å². The summed E-state index contributed by atoms with van der Waals surface area (Å²) in [5.74, 6) is 0.185. The normalized spacial score (nSPS) is 13.7. The quantitative estimate of drug-likeness (QED) is 0.895. The van der Waals surface area contributed by atoms with E-state index < -0.39 is 0 Å². The summed E-state index contributed by atoms with van der Waals surface area (Å²) in [7, 11) is 0. The molecule has 19 heavy (non-hydrogen) atoms. The summed E-state index contributed by atoms with van der Waals surface area (Å²) in [4.78, 5) is 20.1. The van der Waals surface area contributed by atoms with E-state index in [0.717, 1.165) is 12.8 Å². The summed E-state index contributed by atoms with van der Waals surface area (Å²) in [5.41, 5.74) is 3.35. The smallest absolute Gasteiger partial charge is 0.258 e. The first-order chi connectivity index (χ1) is 9.33. The number of nitrogens with zero attached hydrogens (tertiary/aromatic N) is 2. The van der Waals surface area contributed by atoms with Crippen molar-refractivity contribution in [3.63, 3.8) is 0 Å². The van der Waals surface area contributed by atoms with E-state index in [4.69, 9.17) is 0 Å². The molecular weight excluding hydrogens is 238 g/mol. The number of amides is 1. The summed E-state index contributed by atoms with van der Waals surface area (Å²) in [6.45, 7) is 0. The molecule has 4 nitrogen and oxygen atoms in total. The fourth-order valence-corrected chi connectivity index (χ4v) is 2.41. The maximum Gasteiger partial charge on any atom is 0.258 e. The van der Waals surface area contributed by atoms with Crippen LogP contribution in [0.25, 0.3) is 0 Å². The number of carbonyl (C=O) groups excluding carboxylic acids is 1. The Bertz CT molecular complexity index is 596. The van der Waals surface area contributed by atoms with Crippen molar-refractivity contribution in [2.45, 2.75) is 25.7 Å². The largest absolute Gasteiger partial charge is 0.290 e. The first kappa shape index (κ1) is 11.8.